The van der Waals surface area contributed by atoms with Crippen LogP contribution in [-0.4, -0.2) is 24.9 Å². The molecule has 78 valence electrons. The Balaban J connectivity index is 2.30. The van der Waals surface area contributed by atoms with Crippen molar-refractivity contribution in [2.45, 2.75) is 31.8 Å². The fraction of sp³-hybridized carbons (Fsp3) is 0.667. The molecule has 0 aromatic carbocycles. The fourth-order valence-corrected chi connectivity index (χ4v) is 2.66. The van der Waals surface area contributed by atoms with Gasteiger partial charge in [-0.05, 0) is 25.7 Å². The average molecular weight is 194 g/mol. The van der Waals surface area contributed by atoms with Crippen LogP contribution < -0.4 is 0 Å². The highest BCUT2D eigenvalue weighted by molar-refractivity contribution is 5.31. The Labute approximate surface area is 85.3 Å². The zero-order valence-corrected chi connectivity index (χ0v) is 8.70. The lowest BCUT2D eigenvalue weighted by Gasteiger charge is -2.42. The van der Waals surface area contributed by atoms with Crippen LogP contribution in [0.4, 0.5) is 0 Å². The first-order chi connectivity index (χ1) is 6.79. The minimum Gasteiger partial charge on any atom is -0.392 e. The molecule has 0 saturated heterocycles. The van der Waals surface area contributed by atoms with Gasteiger partial charge in [0.25, 0.3) is 0 Å². The van der Waals surface area contributed by atoms with E-state index in [1.165, 1.54) is 5.57 Å². The van der Waals surface area contributed by atoms with Crippen molar-refractivity contribution < 1.29 is 9.84 Å². The quantitative estimate of drug-likeness (QED) is 0.682. The molecule has 0 aromatic rings. The Bertz CT molecular complexity index is 267. The summed E-state index contributed by atoms with van der Waals surface area (Å²) in [6.45, 7) is 0.608. The highest BCUT2D eigenvalue weighted by Crippen LogP contribution is 2.44. The van der Waals surface area contributed by atoms with Crippen LogP contribution >= 0.6 is 0 Å². The summed E-state index contributed by atoms with van der Waals surface area (Å²) in [7, 11) is 1.70. The third-order valence-electron chi connectivity index (χ3n) is 3.41. The zero-order valence-electron chi connectivity index (χ0n) is 8.70. The molecule has 2 aliphatic rings. The molecule has 2 atom stereocenters. The lowest BCUT2D eigenvalue weighted by molar-refractivity contribution is 0.00169. The van der Waals surface area contributed by atoms with Gasteiger partial charge < -0.3 is 9.84 Å². The van der Waals surface area contributed by atoms with E-state index in [0.29, 0.717) is 6.61 Å². The number of hydrogen-bond acceptors (Lipinski definition) is 2. The molecule has 2 rings (SSSR count). The summed E-state index contributed by atoms with van der Waals surface area (Å²) in [4.78, 5) is 0. The van der Waals surface area contributed by atoms with Gasteiger partial charge in [-0.2, -0.15) is 0 Å². The fourth-order valence-electron chi connectivity index (χ4n) is 2.66. The summed E-state index contributed by atoms with van der Waals surface area (Å²) >= 11 is 0. The first-order valence-corrected chi connectivity index (χ1v) is 5.34. The normalized spacial score (nSPS) is 36.4. The molecular weight excluding hydrogens is 176 g/mol. The van der Waals surface area contributed by atoms with E-state index in [9.17, 15) is 5.11 Å². The van der Waals surface area contributed by atoms with Gasteiger partial charge in [0.2, 0.25) is 0 Å². The second-order valence-electron chi connectivity index (χ2n) is 4.25. The van der Waals surface area contributed by atoms with Crippen molar-refractivity contribution in [2.75, 3.05) is 13.7 Å². The van der Waals surface area contributed by atoms with Crippen LogP contribution in [0.3, 0.4) is 0 Å². The molecule has 0 spiro atoms. The maximum Gasteiger partial charge on any atom is 0.0690 e. The largest absolute Gasteiger partial charge is 0.392 e. The Morgan fingerprint density at radius 2 is 2.50 bits per heavy atom. The minimum atomic E-state index is -0.265. The van der Waals surface area contributed by atoms with Crippen LogP contribution in [0.1, 0.15) is 25.7 Å². The molecule has 14 heavy (non-hydrogen) atoms. The lowest BCUT2D eigenvalue weighted by Crippen LogP contribution is -2.42. The Morgan fingerprint density at radius 3 is 3.29 bits per heavy atom. The van der Waals surface area contributed by atoms with Crippen LogP contribution in [0.2, 0.25) is 0 Å². The van der Waals surface area contributed by atoms with Gasteiger partial charge >= 0.3 is 0 Å². The summed E-state index contributed by atoms with van der Waals surface area (Å²) < 4.78 is 5.26. The van der Waals surface area contributed by atoms with Gasteiger partial charge in [0.05, 0.1) is 18.1 Å². The monoisotopic (exact) mass is 194 g/mol. The molecule has 1 saturated carbocycles. The molecule has 0 bridgehead atoms. The number of allylic oxidation sites excluding steroid dienone is 2. The van der Waals surface area contributed by atoms with Crippen molar-refractivity contribution in [2.24, 2.45) is 5.41 Å². The third-order valence-corrected chi connectivity index (χ3v) is 3.41. The van der Waals surface area contributed by atoms with Gasteiger partial charge in [0.15, 0.2) is 0 Å². The number of rotatable bonds is 2. The maximum absolute atomic E-state index is 10.1. The maximum atomic E-state index is 10.1. The highest BCUT2D eigenvalue weighted by Gasteiger charge is 2.42. The summed E-state index contributed by atoms with van der Waals surface area (Å²) in [6.07, 6.45) is 10.4. The van der Waals surface area contributed by atoms with E-state index >= 15 is 0 Å². The van der Waals surface area contributed by atoms with E-state index in [4.69, 9.17) is 4.74 Å². The summed E-state index contributed by atoms with van der Waals surface area (Å²) in [5, 5.41) is 10.1. The molecule has 2 aliphatic carbocycles. The molecule has 2 nitrogen and oxygen atoms in total. The van der Waals surface area contributed by atoms with Crippen LogP contribution in [0.5, 0.6) is 0 Å². The number of hydrogen-bond donors (Lipinski definition) is 1. The second-order valence-corrected chi connectivity index (χ2v) is 4.25. The predicted molar refractivity (Wildman–Crippen MR) is 56.0 cm³/mol. The first kappa shape index (κ1) is 9.94. The van der Waals surface area contributed by atoms with E-state index < -0.39 is 0 Å². The molecular formula is C12H18O2. The Morgan fingerprint density at radius 1 is 1.64 bits per heavy atom. The summed E-state index contributed by atoms with van der Waals surface area (Å²) in [6, 6.07) is 0. The molecule has 0 aromatic heterocycles. The van der Waals surface area contributed by atoms with Crippen molar-refractivity contribution in [3.8, 4) is 0 Å². The number of aliphatic hydroxyl groups excluding tert-OH is 1. The molecule has 2 heteroatoms. The van der Waals surface area contributed by atoms with Crippen LogP contribution in [-0.2, 0) is 4.74 Å². The van der Waals surface area contributed by atoms with Crippen molar-refractivity contribution in [1.82, 2.24) is 0 Å². The van der Waals surface area contributed by atoms with Gasteiger partial charge in [-0.3, -0.25) is 0 Å². The smallest absolute Gasteiger partial charge is 0.0690 e. The van der Waals surface area contributed by atoms with Gasteiger partial charge in [-0.15, -0.1) is 0 Å². The lowest BCUT2D eigenvalue weighted by atomic mass is 9.66. The van der Waals surface area contributed by atoms with Crippen molar-refractivity contribution in [3.63, 3.8) is 0 Å². The van der Waals surface area contributed by atoms with Gasteiger partial charge in [-0.25, -0.2) is 0 Å². The van der Waals surface area contributed by atoms with Crippen molar-refractivity contribution in [1.29, 1.82) is 0 Å². The standard InChI is InChI=1S/C12H18O2/c1-14-9-12-8-3-2-5-10(12)6-4-7-11(12)13/h3,5,8,11,13H,2,4,6-7,9H2,1H3/t11-,12+/m0/s1. The summed E-state index contributed by atoms with van der Waals surface area (Å²) in [5.41, 5.74) is 1.17. The molecule has 0 unspecified atom stereocenters. The predicted octanol–water partition coefficient (Wildman–Crippen LogP) is 2.05. The van der Waals surface area contributed by atoms with Crippen LogP contribution in [0.15, 0.2) is 23.8 Å². The molecule has 0 amide bonds. The van der Waals surface area contributed by atoms with Crippen molar-refractivity contribution in [3.05, 3.63) is 23.8 Å². The number of fused-ring (bicyclic) bond motifs is 1. The topological polar surface area (TPSA) is 29.5 Å². The van der Waals surface area contributed by atoms with E-state index in [2.05, 4.69) is 18.2 Å². The van der Waals surface area contributed by atoms with Crippen LogP contribution in [0.25, 0.3) is 0 Å². The molecule has 0 heterocycles. The van der Waals surface area contributed by atoms with Crippen LogP contribution in [0, 0.1) is 5.41 Å². The molecule has 0 radical (unpaired) electrons. The SMILES string of the molecule is COC[C@]12C=CCC=C1CCC[C@@H]2O. The van der Waals surface area contributed by atoms with E-state index in [1.807, 2.05) is 0 Å². The van der Waals surface area contributed by atoms with Gasteiger partial charge in [-0.1, -0.05) is 23.8 Å². The highest BCUT2D eigenvalue weighted by atomic mass is 16.5. The van der Waals surface area contributed by atoms with Crippen molar-refractivity contribution >= 4 is 0 Å². The van der Waals surface area contributed by atoms with E-state index in [0.717, 1.165) is 25.7 Å². The average Bonchev–Trinajstić information content (AvgIpc) is 2.20. The van der Waals surface area contributed by atoms with Gasteiger partial charge in [0, 0.05) is 7.11 Å². The Hall–Kier alpha value is -0.600. The minimum absolute atomic E-state index is 0.203. The number of aliphatic hydroxyl groups is 1. The number of methoxy groups -OCH3 is 1. The molecule has 1 N–H and O–H groups in total. The number of ether oxygens (including phenoxy) is 1. The zero-order chi connectivity index (χ0) is 10.0. The Kier molecular flexibility index (Phi) is 2.75. The van der Waals surface area contributed by atoms with E-state index in [1.54, 1.807) is 7.11 Å². The first-order valence-electron chi connectivity index (χ1n) is 5.34. The summed E-state index contributed by atoms with van der Waals surface area (Å²) in [5.74, 6) is 0. The second kappa shape index (κ2) is 3.87. The van der Waals surface area contributed by atoms with E-state index in [-0.39, 0.29) is 11.5 Å². The molecule has 0 aliphatic heterocycles. The van der Waals surface area contributed by atoms with Gasteiger partial charge in [0.1, 0.15) is 0 Å². The third kappa shape index (κ3) is 1.43. The molecule has 1 fully saturated rings.